The molecule has 0 aliphatic carbocycles. The molecule has 0 heterocycles. The van der Waals surface area contributed by atoms with Gasteiger partial charge in [-0.2, -0.15) is 0 Å². The third kappa shape index (κ3) is 4.87. The molecule has 0 bridgehead atoms. The number of hydrogen-bond acceptors (Lipinski definition) is 1. The molecule has 0 spiro atoms. The summed E-state index contributed by atoms with van der Waals surface area (Å²) < 4.78 is 0. The molecule has 0 saturated heterocycles. The summed E-state index contributed by atoms with van der Waals surface area (Å²) in [6.45, 7) is 5.03. The van der Waals surface area contributed by atoms with Crippen molar-refractivity contribution in [1.82, 2.24) is 4.90 Å². The van der Waals surface area contributed by atoms with Crippen LogP contribution in [0.1, 0.15) is 23.6 Å². The van der Waals surface area contributed by atoms with Crippen LogP contribution in [0.2, 0.25) is 15.1 Å². The first kappa shape index (κ1) is 18.1. The lowest BCUT2D eigenvalue weighted by atomic mass is 10.00. The van der Waals surface area contributed by atoms with Gasteiger partial charge < -0.3 is 4.90 Å². The molecule has 0 saturated carbocycles. The van der Waals surface area contributed by atoms with Gasteiger partial charge in [-0.1, -0.05) is 40.9 Å². The molecule has 0 unspecified atom stereocenters. The van der Waals surface area contributed by atoms with E-state index in [1.807, 2.05) is 42.3 Å². The Morgan fingerprint density at radius 3 is 2.43 bits per heavy atom. The van der Waals surface area contributed by atoms with E-state index < -0.39 is 0 Å². The smallest absolute Gasteiger partial charge is 0.0910 e. The highest BCUT2D eigenvalue weighted by atomic mass is 35.5. The number of aliphatic imine (C=N–C) groups is 1. The topological polar surface area (TPSA) is 15.6 Å². The van der Waals surface area contributed by atoms with E-state index in [2.05, 4.69) is 18.8 Å². The Balaban J connectivity index is 2.25. The minimum Gasteiger partial charge on any atom is -0.366 e. The molecule has 2 aromatic rings. The molecule has 0 amide bonds. The monoisotopic (exact) mass is 368 g/mol. The second-order valence-corrected chi connectivity index (χ2v) is 6.69. The molecule has 0 aromatic heterocycles. The normalized spacial score (nSPS) is 11.2. The van der Waals surface area contributed by atoms with Crippen LogP contribution >= 0.6 is 34.8 Å². The molecule has 23 heavy (non-hydrogen) atoms. The molecule has 0 aliphatic heterocycles. The van der Waals surface area contributed by atoms with Crippen molar-refractivity contribution in [2.75, 3.05) is 13.6 Å². The average molecular weight is 370 g/mol. The maximum atomic E-state index is 6.37. The van der Waals surface area contributed by atoms with E-state index in [9.17, 15) is 0 Å². The lowest BCUT2D eigenvalue weighted by Gasteiger charge is -2.11. The fourth-order valence-corrected chi connectivity index (χ4v) is 2.66. The summed E-state index contributed by atoms with van der Waals surface area (Å²) in [5.41, 5.74) is 4.17. The van der Waals surface area contributed by atoms with Gasteiger partial charge in [0.05, 0.1) is 27.1 Å². The van der Waals surface area contributed by atoms with Gasteiger partial charge in [-0.3, -0.25) is 0 Å². The third-order valence-electron chi connectivity index (χ3n) is 3.68. The minimum atomic E-state index is 0.565. The van der Waals surface area contributed by atoms with Gasteiger partial charge in [-0.05, 0) is 61.2 Å². The van der Waals surface area contributed by atoms with Gasteiger partial charge in [-0.15, -0.1) is 0 Å². The van der Waals surface area contributed by atoms with Crippen molar-refractivity contribution in [2.24, 2.45) is 4.99 Å². The van der Waals surface area contributed by atoms with Gasteiger partial charge in [-0.25, -0.2) is 4.99 Å². The second-order valence-electron chi connectivity index (χ2n) is 5.47. The van der Waals surface area contributed by atoms with Crippen LogP contribution in [0.3, 0.4) is 0 Å². The zero-order valence-electron chi connectivity index (χ0n) is 13.4. The molecule has 2 aromatic carbocycles. The maximum Gasteiger partial charge on any atom is 0.0910 e. The molecule has 0 N–H and O–H groups in total. The fourth-order valence-electron chi connectivity index (χ4n) is 2.11. The van der Waals surface area contributed by atoms with Crippen LogP contribution < -0.4 is 0 Å². The van der Waals surface area contributed by atoms with Gasteiger partial charge in [0.25, 0.3) is 0 Å². The lowest BCUT2D eigenvalue weighted by molar-refractivity contribution is 0.552. The third-order valence-corrected chi connectivity index (χ3v) is 4.72. The van der Waals surface area contributed by atoms with Crippen LogP contribution in [0, 0.1) is 6.92 Å². The minimum absolute atomic E-state index is 0.565. The zero-order valence-corrected chi connectivity index (χ0v) is 15.7. The highest BCUT2D eigenvalue weighted by Crippen LogP contribution is 2.30. The molecule has 0 fully saturated rings. The summed E-state index contributed by atoms with van der Waals surface area (Å²) in [7, 11) is 1.98. The summed E-state index contributed by atoms with van der Waals surface area (Å²) in [4.78, 5) is 6.44. The predicted octanol–water partition coefficient (Wildman–Crippen LogP) is 6.16. The summed E-state index contributed by atoms with van der Waals surface area (Å²) >= 11 is 18.4. The van der Waals surface area contributed by atoms with Gasteiger partial charge in [0.15, 0.2) is 0 Å². The standard InChI is InChI=1S/C18H19Cl3N2/c1-4-23(3)11-22-18-7-12(2)14(10-17(18)21)8-13-5-6-15(19)16(20)9-13/h5-7,9-11H,4,8H2,1-3H3. The van der Waals surface area contributed by atoms with Gasteiger partial charge in [0.1, 0.15) is 0 Å². The van der Waals surface area contributed by atoms with E-state index in [-0.39, 0.29) is 0 Å². The van der Waals surface area contributed by atoms with Crippen molar-refractivity contribution in [2.45, 2.75) is 20.3 Å². The highest BCUT2D eigenvalue weighted by molar-refractivity contribution is 6.42. The first-order valence-electron chi connectivity index (χ1n) is 7.38. The zero-order chi connectivity index (χ0) is 17.0. The van der Waals surface area contributed by atoms with E-state index in [1.54, 1.807) is 6.34 Å². The van der Waals surface area contributed by atoms with Crippen LogP contribution in [-0.4, -0.2) is 24.8 Å². The van der Waals surface area contributed by atoms with Crippen LogP contribution in [0.5, 0.6) is 0 Å². The molecular weight excluding hydrogens is 351 g/mol. The Bertz CT molecular complexity index is 726. The van der Waals surface area contributed by atoms with Crippen molar-refractivity contribution >= 4 is 46.8 Å². The van der Waals surface area contributed by atoms with Crippen LogP contribution in [0.25, 0.3) is 0 Å². The largest absolute Gasteiger partial charge is 0.366 e. The predicted molar refractivity (Wildman–Crippen MR) is 102 cm³/mol. The lowest BCUT2D eigenvalue weighted by Crippen LogP contribution is -2.14. The van der Waals surface area contributed by atoms with Crippen molar-refractivity contribution in [3.63, 3.8) is 0 Å². The van der Waals surface area contributed by atoms with Crippen LogP contribution in [0.4, 0.5) is 5.69 Å². The Hall–Kier alpha value is -1.22. The van der Waals surface area contributed by atoms with E-state index in [1.165, 1.54) is 0 Å². The molecule has 5 heteroatoms. The van der Waals surface area contributed by atoms with Crippen LogP contribution in [-0.2, 0) is 6.42 Å². The number of aryl methyl sites for hydroxylation is 1. The van der Waals surface area contributed by atoms with Crippen molar-refractivity contribution in [1.29, 1.82) is 0 Å². The molecule has 2 rings (SSSR count). The number of rotatable bonds is 5. The molecule has 0 atom stereocenters. The van der Waals surface area contributed by atoms with Crippen molar-refractivity contribution in [3.8, 4) is 0 Å². The Labute approximate surface area is 152 Å². The number of nitrogens with zero attached hydrogens (tertiary/aromatic N) is 2. The van der Waals surface area contributed by atoms with E-state index in [4.69, 9.17) is 34.8 Å². The summed E-state index contributed by atoms with van der Waals surface area (Å²) in [6, 6.07) is 9.66. The number of benzene rings is 2. The quantitative estimate of drug-likeness (QED) is 0.455. The van der Waals surface area contributed by atoms with E-state index in [0.29, 0.717) is 15.1 Å². The number of hydrogen-bond donors (Lipinski definition) is 0. The maximum absolute atomic E-state index is 6.37. The Kier molecular flexibility index (Phi) is 6.34. The van der Waals surface area contributed by atoms with Crippen molar-refractivity contribution < 1.29 is 0 Å². The average Bonchev–Trinajstić information content (AvgIpc) is 2.52. The molecule has 122 valence electrons. The summed E-state index contributed by atoms with van der Waals surface area (Å²) in [5.74, 6) is 0. The van der Waals surface area contributed by atoms with Crippen molar-refractivity contribution in [3.05, 3.63) is 62.1 Å². The first-order valence-corrected chi connectivity index (χ1v) is 8.51. The number of halogens is 3. The second kappa shape index (κ2) is 8.05. The SMILES string of the molecule is CCN(C)C=Nc1cc(C)c(Cc2ccc(Cl)c(Cl)c2)cc1Cl. The summed E-state index contributed by atoms with van der Waals surface area (Å²) in [5, 5.41) is 1.78. The van der Waals surface area contributed by atoms with Crippen LogP contribution in [0.15, 0.2) is 35.3 Å². The van der Waals surface area contributed by atoms with Gasteiger partial charge in [0, 0.05) is 13.6 Å². The van der Waals surface area contributed by atoms with E-state index >= 15 is 0 Å². The molecular formula is C18H19Cl3N2. The molecule has 2 nitrogen and oxygen atoms in total. The van der Waals surface area contributed by atoms with Gasteiger partial charge >= 0.3 is 0 Å². The Morgan fingerprint density at radius 1 is 1.04 bits per heavy atom. The van der Waals surface area contributed by atoms with Gasteiger partial charge in [0.2, 0.25) is 0 Å². The Morgan fingerprint density at radius 2 is 1.78 bits per heavy atom. The molecule has 0 radical (unpaired) electrons. The summed E-state index contributed by atoms with van der Waals surface area (Å²) in [6.07, 6.45) is 2.54. The fraction of sp³-hybridized carbons (Fsp3) is 0.278. The molecule has 0 aliphatic rings. The van der Waals surface area contributed by atoms with E-state index in [0.717, 1.165) is 35.3 Å². The highest BCUT2D eigenvalue weighted by Gasteiger charge is 2.08. The first-order chi connectivity index (χ1) is 10.9.